The summed E-state index contributed by atoms with van der Waals surface area (Å²) in [4.78, 5) is 39.1. The number of carbonyl (C=O) groups is 3. The third-order valence-corrected chi connectivity index (χ3v) is 5.24. The van der Waals surface area contributed by atoms with E-state index in [-0.39, 0.29) is 28.4 Å². The van der Waals surface area contributed by atoms with Crippen LogP contribution in [-0.4, -0.2) is 27.8 Å². The van der Waals surface area contributed by atoms with Crippen molar-refractivity contribution in [2.45, 2.75) is 13.8 Å². The average molecular weight is 438 g/mol. The van der Waals surface area contributed by atoms with Crippen LogP contribution in [0.25, 0.3) is 0 Å². The SMILES string of the molecule is Cc1n[nH]c(C)c1NC(=O)c1ccccc1NC(=O)c1ccccc1C(=O)c1ccccc1. The largest absolute Gasteiger partial charge is 0.321 e. The quantitative estimate of drug-likeness (QED) is 0.378. The van der Waals surface area contributed by atoms with E-state index < -0.39 is 5.91 Å². The summed E-state index contributed by atoms with van der Waals surface area (Å²) in [6.07, 6.45) is 0. The fraction of sp³-hybridized carbons (Fsp3) is 0.0769. The Hall–Kier alpha value is -4.52. The Morgan fingerprint density at radius 1 is 0.697 bits per heavy atom. The first kappa shape index (κ1) is 21.7. The van der Waals surface area contributed by atoms with E-state index in [1.807, 2.05) is 13.0 Å². The maximum absolute atomic E-state index is 13.2. The number of amides is 2. The predicted octanol–water partition coefficient (Wildman–Crippen LogP) is 4.76. The van der Waals surface area contributed by atoms with Crippen molar-refractivity contribution in [2.75, 3.05) is 10.6 Å². The highest BCUT2D eigenvalue weighted by atomic mass is 16.2. The molecule has 4 aromatic rings. The molecule has 33 heavy (non-hydrogen) atoms. The van der Waals surface area contributed by atoms with Gasteiger partial charge in [0, 0.05) is 11.1 Å². The number of H-pyrrole nitrogens is 1. The molecule has 0 aliphatic heterocycles. The minimum atomic E-state index is -0.481. The zero-order valence-corrected chi connectivity index (χ0v) is 18.2. The van der Waals surface area contributed by atoms with Crippen molar-refractivity contribution in [1.82, 2.24) is 10.2 Å². The van der Waals surface area contributed by atoms with Gasteiger partial charge in [-0.15, -0.1) is 0 Å². The molecule has 3 N–H and O–H groups in total. The highest BCUT2D eigenvalue weighted by molar-refractivity contribution is 6.19. The molecule has 164 valence electrons. The number of aromatic amines is 1. The zero-order chi connectivity index (χ0) is 23.4. The van der Waals surface area contributed by atoms with Crippen LogP contribution in [0.2, 0.25) is 0 Å². The van der Waals surface area contributed by atoms with E-state index in [2.05, 4.69) is 20.8 Å². The van der Waals surface area contributed by atoms with Gasteiger partial charge in [-0.05, 0) is 32.0 Å². The molecule has 0 aliphatic carbocycles. The highest BCUT2D eigenvalue weighted by Gasteiger charge is 2.20. The molecular formula is C26H22N4O3. The van der Waals surface area contributed by atoms with Gasteiger partial charge in [0.2, 0.25) is 0 Å². The first-order chi connectivity index (χ1) is 16.0. The van der Waals surface area contributed by atoms with Crippen molar-refractivity contribution in [1.29, 1.82) is 0 Å². The maximum Gasteiger partial charge on any atom is 0.257 e. The average Bonchev–Trinajstić information content (AvgIpc) is 3.16. The number of hydrogen-bond acceptors (Lipinski definition) is 4. The van der Waals surface area contributed by atoms with Crippen LogP contribution >= 0.6 is 0 Å². The van der Waals surface area contributed by atoms with E-state index in [4.69, 9.17) is 0 Å². The Morgan fingerprint density at radius 3 is 1.94 bits per heavy atom. The van der Waals surface area contributed by atoms with Crippen molar-refractivity contribution in [3.8, 4) is 0 Å². The molecule has 4 rings (SSSR count). The zero-order valence-electron chi connectivity index (χ0n) is 18.2. The second-order valence-corrected chi connectivity index (χ2v) is 7.50. The van der Waals surface area contributed by atoms with Crippen LogP contribution in [0.1, 0.15) is 48.0 Å². The van der Waals surface area contributed by atoms with Gasteiger partial charge in [0.05, 0.1) is 33.9 Å². The first-order valence-electron chi connectivity index (χ1n) is 10.4. The molecule has 0 bridgehead atoms. The molecule has 2 amide bonds. The number of hydrogen-bond donors (Lipinski definition) is 3. The first-order valence-corrected chi connectivity index (χ1v) is 10.4. The topological polar surface area (TPSA) is 104 Å². The third kappa shape index (κ3) is 4.57. The van der Waals surface area contributed by atoms with Crippen LogP contribution < -0.4 is 10.6 Å². The molecule has 0 saturated carbocycles. The monoisotopic (exact) mass is 438 g/mol. The predicted molar refractivity (Wildman–Crippen MR) is 127 cm³/mol. The molecule has 0 unspecified atom stereocenters. The van der Waals surface area contributed by atoms with Gasteiger partial charge in [-0.1, -0.05) is 60.7 Å². The van der Waals surface area contributed by atoms with E-state index >= 15 is 0 Å². The lowest BCUT2D eigenvalue weighted by Crippen LogP contribution is -2.20. The van der Waals surface area contributed by atoms with E-state index in [1.54, 1.807) is 79.7 Å². The van der Waals surface area contributed by atoms with Crippen LogP contribution in [0.15, 0.2) is 78.9 Å². The number of nitrogens with zero attached hydrogens (tertiary/aromatic N) is 1. The molecule has 0 aliphatic rings. The Labute approximate surface area is 190 Å². The molecule has 0 saturated heterocycles. The van der Waals surface area contributed by atoms with Crippen molar-refractivity contribution < 1.29 is 14.4 Å². The normalized spacial score (nSPS) is 10.5. The maximum atomic E-state index is 13.2. The molecule has 3 aromatic carbocycles. The van der Waals surface area contributed by atoms with Gasteiger partial charge >= 0.3 is 0 Å². The molecular weight excluding hydrogens is 416 g/mol. The van der Waals surface area contributed by atoms with E-state index in [9.17, 15) is 14.4 Å². The van der Waals surface area contributed by atoms with Gasteiger partial charge in [0.1, 0.15) is 0 Å². The smallest absolute Gasteiger partial charge is 0.257 e. The molecule has 7 heteroatoms. The Balaban J connectivity index is 1.61. The number of aromatic nitrogens is 2. The van der Waals surface area contributed by atoms with Crippen molar-refractivity contribution >= 4 is 29.0 Å². The van der Waals surface area contributed by atoms with Crippen LogP contribution in [0.3, 0.4) is 0 Å². The van der Waals surface area contributed by atoms with Crippen LogP contribution in [0.4, 0.5) is 11.4 Å². The summed E-state index contributed by atoms with van der Waals surface area (Å²) in [6, 6.07) is 22.1. The van der Waals surface area contributed by atoms with Gasteiger partial charge in [0.25, 0.3) is 11.8 Å². The lowest BCUT2D eigenvalue weighted by atomic mass is 9.98. The molecule has 0 spiro atoms. The number of benzene rings is 3. The van der Waals surface area contributed by atoms with E-state index in [1.165, 1.54) is 0 Å². The van der Waals surface area contributed by atoms with Crippen LogP contribution in [0.5, 0.6) is 0 Å². The van der Waals surface area contributed by atoms with Gasteiger partial charge in [-0.3, -0.25) is 19.5 Å². The summed E-state index contributed by atoms with van der Waals surface area (Å²) in [6.45, 7) is 3.59. The minimum absolute atomic E-state index is 0.225. The lowest BCUT2D eigenvalue weighted by Gasteiger charge is -2.13. The molecule has 1 aromatic heterocycles. The molecule has 7 nitrogen and oxygen atoms in total. The standard InChI is InChI=1S/C26H22N4O3/c1-16-23(17(2)30-29-16)28-26(33)21-14-8-9-15-22(21)27-25(32)20-13-7-6-12-19(20)24(31)18-10-4-3-5-11-18/h3-15H,1-2H3,(H,27,32)(H,28,33)(H,29,30). The summed E-state index contributed by atoms with van der Waals surface area (Å²) < 4.78 is 0. The minimum Gasteiger partial charge on any atom is -0.321 e. The number of rotatable bonds is 6. The summed E-state index contributed by atoms with van der Waals surface area (Å²) >= 11 is 0. The van der Waals surface area contributed by atoms with Crippen molar-refractivity contribution in [3.63, 3.8) is 0 Å². The summed E-state index contributed by atoms with van der Waals surface area (Å²) in [7, 11) is 0. The van der Waals surface area contributed by atoms with Gasteiger partial charge in [-0.2, -0.15) is 5.10 Å². The summed E-state index contributed by atoms with van der Waals surface area (Å²) in [5, 5.41) is 12.5. The lowest BCUT2D eigenvalue weighted by molar-refractivity contribution is 0.0995. The van der Waals surface area contributed by atoms with E-state index in [0.717, 1.165) is 5.69 Å². The number of nitrogens with one attached hydrogen (secondary N) is 3. The van der Waals surface area contributed by atoms with Crippen molar-refractivity contribution in [2.24, 2.45) is 0 Å². The number of carbonyl (C=O) groups excluding carboxylic acids is 3. The number of ketones is 1. The molecule has 0 radical (unpaired) electrons. The summed E-state index contributed by atoms with van der Waals surface area (Å²) in [5.74, 6) is -1.11. The Morgan fingerprint density at radius 2 is 1.27 bits per heavy atom. The van der Waals surface area contributed by atoms with Gasteiger partial charge in [0.15, 0.2) is 5.78 Å². The summed E-state index contributed by atoms with van der Waals surface area (Å²) in [5.41, 5.74) is 3.61. The van der Waals surface area contributed by atoms with Crippen LogP contribution in [0, 0.1) is 13.8 Å². The number of aryl methyl sites for hydroxylation is 2. The fourth-order valence-electron chi connectivity index (χ4n) is 3.52. The molecule has 0 atom stereocenters. The van der Waals surface area contributed by atoms with E-state index in [0.29, 0.717) is 22.6 Å². The fourth-order valence-corrected chi connectivity index (χ4v) is 3.52. The number of anilines is 2. The van der Waals surface area contributed by atoms with Crippen LogP contribution in [-0.2, 0) is 0 Å². The second-order valence-electron chi connectivity index (χ2n) is 7.50. The van der Waals surface area contributed by atoms with Gasteiger partial charge < -0.3 is 10.6 Å². The Bertz CT molecular complexity index is 1320. The third-order valence-electron chi connectivity index (χ3n) is 5.24. The highest BCUT2D eigenvalue weighted by Crippen LogP contribution is 2.22. The molecule has 1 heterocycles. The second kappa shape index (κ2) is 9.32. The Kier molecular flexibility index (Phi) is 6.13. The molecule has 0 fully saturated rings. The van der Waals surface area contributed by atoms with Gasteiger partial charge in [-0.25, -0.2) is 0 Å². The number of para-hydroxylation sites is 1. The van der Waals surface area contributed by atoms with Crippen molar-refractivity contribution in [3.05, 3.63) is 113 Å².